The van der Waals surface area contributed by atoms with Gasteiger partial charge < -0.3 is 0 Å². The van der Waals surface area contributed by atoms with Gasteiger partial charge in [-0.25, -0.2) is 4.98 Å². The second-order valence-electron chi connectivity index (χ2n) is 12.1. The summed E-state index contributed by atoms with van der Waals surface area (Å²) in [7, 11) is 0. The number of benzene rings is 7. The molecule has 9 aromatic rings. The summed E-state index contributed by atoms with van der Waals surface area (Å²) in [6.07, 6.45) is 1.84. The molecule has 2 aromatic heterocycles. The maximum atomic E-state index is 5.12. The van der Waals surface area contributed by atoms with Crippen molar-refractivity contribution in [1.29, 1.82) is 0 Å². The number of rotatable bonds is 3. The van der Waals surface area contributed by atoms with Crippen LogP contribution in [0.2, 0.25) is 0 Å². The van der Waals surface area contributed by atoms with Gasteiger partial charge in [-0.15, -0.1) is 0 Å². The van der Waals surface area contributed by atoms with E-state index in [9.17, 15) is 0 Å². The Kier molecular flexibility index (Phi) is 5.31. The van der Waals surface area contributed by atoms with Crippen LogP contribution in [0.25, 0.3) is 99.1 Å². The highest BCUT2D eigenvalue weighted by Crippen LogP contribution is 2.57. The second-order valence-corrected chi connectivity index (χ2v) is 12.1. The highest BCUT2D eigenvalue weighted by Gasteiger charge is 2.30. The lowest BCUT2D eigenvalue weighted by Crippen LogP contribution is -1.94. The number of nitrogens with zero attached hydrogens (tertiary/aromatic N) is 2. The van der Waals surface area contributed by atoms with Crippen LogP contribution in [0.3, 0.4) is 0 Å². The van der Waals surface area contributed by atoms with E-state index in [-0.39, 0.29) is 0 Å². The van der Waals surface area contributed by atoms with Crippen LogP contribution in [0.15, 0.2) is 158 Å². The molecule has 0 unspecified atom stereocenters. The van der Waals surface area contributed by atoms with Gasteiger partial charge in [0.05, 0.1) is 16.7 Å². The molecule has 1 aliphatic rings. The molecule has 2 nitrogen and oxygen atoms in total. The summed E-state index contributed by atoms with van der Waals surface area (Å²) in [6.45, 7) is 0. The molecule has 46 heavy (non-hydrogen) atoms. The maximum absolute atomic E-state index is 5.12. The molecule has 2 heteroatoms. The predicted molar refractivity (Wildman–Crippen MR) is 193 cm³/mol. The van der Waals surface area contributed by atoms with Crippen LogP contribution in [0, 0.1) is 0 Å². The highest BCUT2D eigenvalue weighted by atomic mass is 14.7. The first-order chi connectivity index (χ1) is 22.8. The molecule has 0 spiro atoms. The molecule has 0 fully saturated rings. The van der Waals surface area contributed by atoms with Gasteiger partial charge in [0.1, 0.15) is 0 Å². The molecule has 1 aliphatic carbocycles. The van der Waals surface area contributed by atoms with Crippen molar-refractivity contribution in [3.8, 4) is 55.8 Å². The van der Waals surface area contributed by atoms with Gasteiger partial charge in [0.2, 0.25) is 0 Å². The lowest BCUT2D eigenvalue weighted by molar-refractivity contribution is 1.37. The van der Waals surface area contributed by atoms with Crippen LogP contribution in [-0.4, -0.2) is 9.97 Å². The molecule has 0 bridgehead atoms. The van der Waals surface area contributed by atoms with E-state index in [1.807, 2.05) is 12.3 Å². The molecule has 7 aromatic carbocycles. The van der Waals surface area contributed by atoms with Crippen LogP contribution < -0.4 is 0 Å². The van der Waals surface area contributed by atoms with Crippen molar-refractivity contribution < 1.29 is 0 Å². The minimum atomic E-state index is 0.936. The third-order valence-corrected chi connectivity index (χ3v) is 9.62. The monoisotopic (exact) mass is 582 g/mol. The third kappa shape index (κ3) is 3.59. The predicted octanol–water partition coefficient (Wildman–Crippen LogP) is 11.7. The topological polar surface area (TPSA) is 25.8 Å². The number of fused-ring (bicyclic) bond motifs is 7. The van der Waals surface area contributed by atoms with Crippen molar-refractivity contribution in [1.82, 2.24) is 9.97 Å². The Morgan fingerprint density at radius 3 is 1.61 bits per heavy atom. The summed E-state index contributed by atoms with van der Waals surface area (Å²) in [6, 6.07) is 54.8. The first-order valence-electron chi connectivity index (χ1n) is 15.8. The van der Waals surface area contributed by atoms with E-state index in [0.717, 1.165) is 33.1 Å². The summed E-state index contributed by atoms with van der Waals surface area (Å²) >= 11 is 0. The minimum Gasteiger partial charge on any atom is -0.254 e. The smallest absolute Gasteiger partial charge is 0.0972 e. The van der Waals surface area contributed by atoms with E-state index in [2.05, 4.69) is 151 Å². The highest BCUT2D eigenvalue weighted by molar-refractivity contribution is 6.27. The van der Waals surface area contributed by atoms with E-state index in [4.69, 9.17) is 4.98 Å². The summed E-state index contributed by atoms with van der Waals surface area (Å²) in [4.78, 5) is 9.78. The summed E-state index contributed by atoms with van der Waals surface area (Å²) in [5.41, 5.74) is 14.2. The summed E-state index contributed by atoms with van der Waals surface area (Å²) < 4.78 is 0. The van der Waals surface area contributed by atoms with Gasteiger partial charge in [-0.05, 0) is 78.2 Å². The van der Waals surface area contributed by atoms with E-state index in [1.54, 1.807) is 0 Å². The largest absolute Gasteiger partial charge is 0.254 e. The molecule has 212 valence electrons. The third-order valence-electron chi connectivity index (χ3n) is 9.62. The molecule has 10 rings (SSSR count). The van der Waals surface area contributed by atoms with Crippen LogP contribution >= 0.6 is 0 Å². The van der Waals surface area contributed by atoms with Crippen molar-refractivity contribution in [2.75, 3.05) is 0 Å². The van der Waals surface area contributed by atoms with Crippen molar-refractivity contribution in [2.45, 2.75) is 0 Å². The van der Waals surface area contributed by atoms with Crippen LogP contribution in [0.1, 0.15) is 0 Å². The van der Waals surface area contributed by atoms with Gasteiger partial charge in [-0.2, -0.15) is 0 Å². The van der Waals surface area contributed by atoms with E-state index < -0.39 is 0 Å². The quantitative estimate of drug-likeness (QED) is 0.194. The van der Waals surface area contributed by atoms with Gasteiger partial charge in [0.15, 0.2) is 0 Å². The van der Waals surface area contributed by atoms with Crippen molar-refractivity contribution in [3.63, 3.8) is 0 Å². The molecule has 0 saturated carbocycles. The van der Waals surface area contributed by atoms with Gasteiger partial charge in [0, 0.05) is 22.5 Å². The maximum Gasteiger partial charge on any atom is 0.0972 e. The first kappa shape index (κ1) is 25.2. The fourth-order valence-electron chi connectivity index (χ4n) is 7.63. The minimum absolute atomic E-state index is 0.936. The molecule has 0 aliphatic heterocycles. The molecular weight excluding hydrogens is 556 g/mol. The first-order valence-corrected chi connectivity index (χ1v) is 15.8. The summed E-state index contributed by atoms with van der Waals surface area (Å²) in [5, 5.41) is 7.35. The molecule has 0 radical (unpaired) electrons. The molecule has 2 heterocycles. The average Bonchev–Trinajstić information content (AvgIpc) is 3.46. The lowest BCUT2D eigenvalue weighted by Gasteiger charge is -2.20. The normalized spacial score (nSPS) is 11.9. The van der Waals surface area contributed by atoms with Crippen LogP contribution in [0.4, 0.5) is 0 Å². The Morgan fingerprint density at radius 2 is 0.913 bits per heavy atom. The van der Waals surface area contributed by atoms with Gasteiger partial charge in [0.25, 0.3) is 0 Å². The van der Waals surface area contributed by atoms with Crippen LogP contribution in [0.5, 0.6) is 0 Å². The number of hydrogen-bond donors (Lipinski definition) is 0. The molecule has 0 atom stereocenters. The Morgan fingerprint density at radius 1 is 0.348 bits per heavy atom. The summed E-state index contributed by atoms with van der Waals surface area (Å²) in [5.74, 6) is 0. The number of aromatic nitrogens is 2. The van der Waals surface area contributed by atoms with E-state index in [1.165, 1.54) is 66.1 Å². The van der Waals surface area contributed by atoms with Gasteiger partial charge in [-0.1, -0.05) is 140 Å². The SMILES string of the molecule is c1ccc(-c2c3c(c(-c4ccc(-c5ccc6ccc7cccnc7c6n5)cc4)c4ccccc24)-c2cccc4cccc-3c24)cc1. The fourth-order valence-corrected chi connectivity index (χ4v) is 7.63. The molecular formula is C44H26N2. The molecule has 0 amide bonds. The second kappa shape index (κ2) is 9.69. The van der Waals surface area contributed by atoms with Crippen molar-refractivity contribution in [3.05, 3.63) is 158 Å². The van der Waals surface area contributed by atoms with Crippen molar-refractivity contribution in [2.24, 2.45) is 0 Å². The zero-order valence-corrected chi connectivity index (χ0v) is 24.9. The standard InChI is InChI=1S/C44H26N2/c1-2-9-29(10-3-1)39-33-14-4-5-15-34(33)40(42-36-17-7-12-28-11-6-16-35(38(28)36)41(39)42)30-20-18-27(19-21-30)37-25-24-32-23-22-31-13-8-26-45-43(31)44(32)46-37/h1-26H. The van der Waals surface area contributed by atoms with Gasteiger partial charge in [-0.3, -0.25) is 4.98 Å². The number of hydrogen-bond acceptors (Lipinski definition) is 2. The molecule has 0 saturated heterocycles. The fraction of sp³-hybridized carbons (Fsp3) is 0. The number of pyridine rings is 2. The Hall–Kier alpha value is -6.12. The average molecular weight is 583 g/mol. The lowest BCUT2D eigenvalue weighted by atomic mass is 9.82. The van der Waals surface area contributed by atoms with Crippen LogP contribution in [-0.2, 0) is 0 Å². The zero-order chi connectivity index (χ0) is 30.2. The van der Waals surface area contributed by atoms with Gasteiger partial charge >= 0.3 is 0 Å². The zero-order valence-electron chi connectivity index (χ0n) is 24.9. The Labute approximate surface area is 266 Å². The van der Waals surface area contributed by atoms with E-state index in [0.29, 0.717) is 0 Å². The Bertz CT molecular complexity index is 2670. The van der Waals surface area contributed by atoms with Crippen molar-refractivity contribution >= 4 is 43.4 Å². The Balaban J connectivity index is 1.23. The van der Waals surface area contributed by atoms with E-state index >= 15 is 0 Å². The molecule has 0 N–H and O–H groups in total.